The van der Waals surface area contributed by atoms with Gasteiger partial charge in [-0.2, -0.15) is 0 Å². The summed E-state index contributed by atoms with van der Waals surface area (Å²) in [6.45, 7) is 2.87. The van der Waals surface area contributed by atoms with Gasteiger partial charge in [0.15, 0.2) is 0 Å². The normalized spacial score (nSPS) is 17.3. The molecule has 0 bridgehead atoms. The van der Waals surface area contributed by atoms with Crippen molar-refractivity contribution in [1.29, 1.82) is 0 Å². The molecule has 0 aliphatic heterocycles. The number of aromatic nitrogens is 1. The van der Waals surface area contributed by atoms with Crippen molar-refractivity contribution < 1.29 is 4.74 Å². The van der Waals surface area contributed by atoms with Crippen LogP contribution in [-0.4, -0.2) is 18.1 Å². The molecule has 1 heterocycles. The van der Waals surface area contributed by atoms with Crippen molar-refractivity contribution in [2.45, 2.75) is 38.8 Å². The predicted molar refractivity (Wildman–Crippen MR) is 84.6 cm³/mol. The summed E-state index contributed by atoms with van der Waals surface area (Å²) in [6, 6.07) is 13.1. The fourth-order valence-electron chi connectivity index (χ4n) is 2.98. The second-order valence-electron chi connectivity index (χ2n) is 5.73. The number of rotatable bonds is 4. The van der Waals surface area contributed by atoms with E-state index in [1.807, 2.05) is 13.0 Å². The van der Waals surface area contributed by atoms with Gasteiger partial charge in [-0.3, -0.25) is 4.98 Å². The van der Waals surface area contributed by atoms with E-state index in [-0.39, 0.29) is 0 Å². The Kier molecular flexibility index (Phi) is 4.20. The minimum Gasteiger partial charge on any atom is -0.497 e. The van der Waals surface area contributed by atoms with Crippen LogP contribution in [0.1, 0.15) is 28.9 Å². The molecule has 3 heteroatoms. The molecule has 2 aromatic rings. The number of methoxy groups -OCH3 is 1. The summed E-state index contributed by atoms with van der Waals surface area (Å²) < 4.78 is 5.33. The first-order chi connectivity index (χ1) is 10.2. The Morgan fingerprint density at radius 1 is 1.24 bits per heavy atom. The number of fused-ring (bicyclic) bond motifs is 1. The Balaban J connectivity index is 1.63. The first kappa shape index (κ1) is 14.1. The van der Waals surface area contributed by atoms with Crippen LogP contribution >= 0.6 is 0 Å². The molecule has 3 rings (SSSR count). The van der Waals surface area contributed by atoms with Gasteiger partial charge in [-0.1, -0.05) is 12.1 Å². The molecule has 110 valence electrons. The minimum atomic E-state index is 0.520. The maximum atomic E-state index is 5.33. The van der Waals surface area contributed by atoms with E-state index in [9.17, 15) is 0 Å². The van der Waals surface area contributed by atoms with Crippen molar-refractivity contribution in [2.24, 2.45) is 0 Å². The third-order valence-corrected chi connectivity index (χ3v) is 4.16. The van der Waals surface area contributed by atoms with Crippen LogP contribution in [0.5, 0.6) is 5.75 Å². The highest BCUT2D eigenvalue weighted by molar-refractivity contribution is 5.37. The van der Waals surface area contributed by atoms with E-state index < -0.39 is 0 Å². The zero-order valence-corrected chi connectivity index (χ0v) is 12.7. The monoisotopic (exact) mass is 282 g/mol. The number of nitrogens with one attached hydrogen (secondary N) is 1. The second kappa shape index (κ2) is 6.27. The first-order valence-electron chi connectivity index (χ1n) is 7.56. The molecule has 1 aromatic carbocycles. The maximum absolute atomic E-state index is 5.33. The molecule has 1 N–H and O–H groups in total. The molecule has 21 heavy (non-hydrogen) atoms. The van der Waals surface area contributed by atoms with Gasteiger partial charge in [-0.05, 0) is 61.6 Å². The lowest BCUT2D eigenvalue weighted by molar-refractivity contribution is 0.410. The molecule has 1 aliphatic carbocycles. The summed E-state index contributed by atoms with van der Waals surface area (Å²) >= 11 is 0. The quantitative estimate of drug-likeness (QED) is 0.936. The molecule has 1 aromatic heterocycles. The summed E-state index contributed by atoms with van der Waals surface area (Å²) in [4.78, 5) is 4.55. The topological polar surface area (TPSA) is 34.1 Å². The molecule has 1 unspecified atom stereocenters. The van der Waals surface area contributed by atoms with Crippen LogP contribution in [0, 0.1) is 6.92 Å². The maximum Gasteiger partial charge on any atom is 0.119 e. The summed E-state index contributed by atoms with van der Waals surface area (Å²) in [5.41, 5.74) is 5.07. The molecule has 0 amide bonds. The van der Waals surface area contributed by atoms with Gasteiger partial charge in [0.1, 0.15) is 5.75 Å². The minimum absolute atomic E-state index is 0.520. The molecule has 3 nitrogen and oxygen atoms in total. The molecule has 0 saturated carbocycles. The third-order valence-electron chi connectivity index (χ3n) is 4.16. The number of aryl methyl sites for hydroxylation is 2. The first-order valence-corrected chi connectivity index (χ1v) is 7.56. The number of hydrogen-bond acceptors (Lipinski definition) is 3. The standard InChI is InChI=1S/C18H22N2O/c1-13-4-3-5-17(20-13)12-19-16-8-6-14-7-9-18(21-2)11-15(14)10-16/h3-5,7,9,11,16,19H,6,8,10,12H2,1-2H3. The van der Waals surface area contributed by atoms with Crippen LogP contribution in [0.15, 0.2) is 36.4 Å². The number of hydrogen-bond donors (Lipinski definition) is 1. The highest BCUT2D eigenvalue weighted by Gasteiger charge is 2.18. The summed E-state index contributed by atoms with van der Waals surface area (Å²) in [7, 11) is 1.73. The lowest BCUT2D eigenvalue weighted by Gasteiger charge is -2.26. The van der Waals surface area contributed by atoms with E-state index in [2.05, 4.69) is 40.6 Å². The van der Waals surface area contributed by atoms with Crippen molar-refractivity contribution in [3.05, 3.63) is 58.9 Å². The number of pyridine rings is 1. The molecular weight excluding hydrogens is 260 g/mol. The molecule has 0 spiro atoms. The van der Waals surface area contributed by atoms with Crippen LogP contribution in [0.3, 0.4) is 0 Å². The van der Waals surface area contributed by atoms with E-state index in [1.165, 1.54) is 17.5 Å². The van der Waals surface area contributed by atoms with Gasteiger partial charge < -0.3 is 10.1 Å². The smallest absolute Gasteiger partial charge is 0.119 e. The predicted octanol–water partition coefficient (Wildman–Crippen LogP) is 3.05. The zero-order chi connectivity index (χ0) is 14.7. The van der Waals surface area contributed by atoms with Crippen LogP contribution in [-0.2, 0) is 19.4 Å². The molecule has 0 radical (unpaired) electrons. The highest BCUT2D eigenvalue weighted by Crippen LogP contribution is 2.25. The van der Waals surface area contributed by atoms with Gasteiger partial charge in [-0.15, -0.1) is 0 Å². The molecule has 1 aliphatic rings. The third kappa shape index (κ3) is 3.42. The molecular formula is C18H22N2O. The molecule has 0 saturated heterocycles. The largest absolute Gasteiger partial charge is 0.497 e. The lowest BCUT2D eigenvalue weighted by atomic mass is 9.88. The average Bonchev–Trinajstić information content (AvgIpc) is 2.52. The van der Waals surface area contributed by atoms with E-state index >= 15 is 0 Å². The Labute approximate surface area is 126 Å². The average molecular weight is 282 g/mol. The van der Waals surface area contributed by atoms with Gasteiger partial charge in [0.05, 0.1) is 12.8 Å². The van der Waals surface area contributed by atoms with Gasteiger partial charge in [-0.25, -0.2) is 0 Å². The van der Waals surface area contributed by atoms with Gasteiger partial charge in [0.2, 0.25) is 0 Å². The SMILES string of the molecule is COc1ccc2c(c1)CC(NCc1cccc(C)n1)CC2. The van der Waals surface area contributed by atoms with Crippen molar-refractivity contribution in [1.82, 2.24) is 10.3 Å². The molecule has 0 fully saturated rings. The van der Waals surface area contributed by atoms with Crippen molar-refractivity contribution in [3.8, 4) is 5.75 Å². The highest BCUT2D eigenvalue weighted by atomic mass is 16.5. The van der Waals surface area contributed by atoms with Crippen LogP contribution in [0.25, 0.3) is 0 Å². The van der Waals surface area contributed by atoms with Crippen molar-refractivity contribution in [3.63, 3.8) is 0 Å². The Morgan fingerprint density at radius 3 is 2.95 bits per heavy atom. The summed E-state index contributed by atoms with van der Waals surface area (Å²) in [5.74, 6) is 0.953. The van der Waals surface area contributed by atoms with E-state index in [4.69, 9.17) is 4.74 Å². The Hall–Kier alpha value is -1.87. The fraction of sp³-hybridized carbons (Fsp3) is 0.389. The Morgan fingerprint density at radius 2 is 2.14 bits per heavy atom. The molecule has 1 atom stereocenters. The van der Waals surface area contributed by atoms with Crippen molar-refractivity contribution in [2.75, 3.05) is 7.11 Å². The van der Waals surface area contributed by atoms with Gasteiger partial charge in [0, 0.05) is 18.3 Å². The van der Waals surface area contributed by atoms with Crippen molar-refractivity contribution >= 4 is 0 Å². The number of benzene rings is 1. The van der Waals surface area contributed by atoms with Crippen LogP contribution in [0.4, 0.5) is 0 Å². The number of nitrogens with zero attached hydrogens (tertiary/aromatic N) is 1. The van der Waals surface area contributed by atoms with Crippen LogP contribution in [0.2, 0.25) is 0 Å². The van der Waals surface area contributed by atoms with E-state index in [1.54, 1.807) is 7.11 Å². The Bertz CT molecular complexity index is 624. The second-order valence-corrected chi connectivity index (χ2v) is 5.73. The van der Waals surface area contributed by atoms with Gasteiger partial charge >= 0.3 is 0 Å². The van der Waals surface area contributed by atoms with Crippen LogP contribution < -0.4 is 10.1 Å². The fourth-order valence-corrected chi connectivity index (χ4v) is 2.98. The number of ether oxygens (including phenoxy) is 1. The zero-order valence-electron chi connectivity index (χ0n) is 12.7. The summed E-state index contributed by atoms with van der Waals surface area (Å²) in [5, 5.41) is 3.64. The summed E-state index contributed by atoms with van der Waals surface area (Å²) in [6.07, 6.45) is 3.39. The lowest BCUT2D eigenvalue weighted by Crippen LogP contribution is -2.34. The van der Waals surface area contributed by atoms with E-state index in [0.29, 0.717) is 6.04 Å². The van der Waals surface area contributed by atoms with Gasteiger partial charge in [0.25, 0.3) is 0 Å². The van der Waals surface area contributed by atoms with E-state index in [0.717, 1.165) is 36.5 Å².